The van der Waals surface area contributed by atoms with Crippen molar-refractivity contribution in [2.45, 2.75) is 19.4 Å². The van der Waals surface area contributed by atoms with Gasteiger partial charge in [-0.2, -0.15) is 0 Å². The smallest absolute Gasteiger partial charge is 0.231 e. The summed E-state index contributed by atoms with van der Waals surface area (Å²) < 4.78 is 6.58. The lowest BCUT2D eigenvalue weighted by atomic mass is 10.0. The van der Waals surface area contributed by atoms with Crippen LogP contribution in [-0.2, 0) is 9.53 Å². The van der Waals surface area contributed by atoms with Gasteiger partial charge >= 0.3 is 0 Å². The van der Waals surface area contributed by atoms with Crippen LogP contribution in [0.1, 0.15) is 13.3 Å². The molecule has 0 saturated carbocycles. The fourth-order valence-corrected chi connectivity index (χ4v) is 2.47. The molecule has 2 atom stereocenters. The van der Waals surface area contributed by atoms with Crippen molar-refractivity contribution >= 4 is 34.2 Å². The van der Waals surface area contributed by atoms with Gasteiger partial charge in [-0.05, 0) is 59.8 Å². The Morgan fingerprint density at radius 3 is 2.79 bits per heavy atom. The van der Waals surface area contributed by atoms with Crippen LogP contribution in [0.4, 0.5) is 5.69 Å². The second kappa shape index (κ2) is 7.21. The van der Waals surface area contributed by atoms with E-state index in [1.807, 2.05) is 24.3 Å². The van der Waals surface area contributed by atoms with E-state index in [9.17, 15) is 4.79 Å². The Labute approximate surface area is 127 Å². The normalized spacial score (nSPS) is 22.4. The SMILES string of the molecule is CCCNC1COCC1C(=O)Nc1ccc(I)cc1. The molecule has 1 aliphatic heterocycles. The van der Waals surface area contributed by atoms with Crippen LogP contribution < -0.4 is 10.6 Å². The van der Waals surface area contributed by atoms with Crippen molar-refractivity contribution < 1.29 is 9.53 Å². The Bertz CT molecular complexity index is 422. The Balaban J connectivity index is 1.93. The van der Waals surface area contributed by atoms with Gasteiger partial charge in [-0.25, -0.2) is 0 Å². The van der Waals surface area contributed by atoms with Crippen LogP contribution in [0.25, 0.3) is 0 Å². The summed E-state index contributed by atoms with van der Waals surface area (Å²) in [5.41, 5.74) is 0.839. The van der Waals surface area contributed by atoms with Crippen molar-refractivity contribution in [1.82, 2.24) is 5.32 Å². The molecule has 0 radical (unpaired) electrons. The number of benzene rings is 1. The zero-order chi connectivity index (χ0) is 13.7. The minimum atomic E-state index is -0.106. The van der Waals surface area contributed by atoms with Gasteiger partial charge in [0.15, 0.2) is 0 Å². The fourth-order valence-electron chi connectivity index (χ4n) is 2.11. The Morgan fingerprint density at radius 2 is 2.11 bits per heavy atom. The van der Waals surface area contributed by atoms with Gasteiger partial charge in [0.2, 0.25) is 5.91 Å². The summed E-state index contributed by atoms with van der Waals surface area (Å²) in [6, 6.07) is 7.93. The Morgan fingerprint density at radius 1 is 1.37 bits per heavy atom. The van der Waals surface area contributed by atoms with Gasteiger partial charge in [-0.3, -0.25) is 4.79 Å². The van der Waals surface area contributed by atoms with Crippen molar-refractivity contribution in [3.8, 4) is 0 Å². The van der Waals surface area contributed by atoms with Gasteiger partial charge in [-0.1, -0.05) is 6.92 Å². The van der Waals surface area contributed by atoms with E-state index in [1.54, 1.807) is 0 Å². The number of amides is 1. The summed E-state index contributed by atoms with van der Waals surface area (Å²) >= 11 is 2.24. The first-order chi connectivity index (χ1) is 9.20. The summed E-state index contributed by atoms with van der Waals surface area (Å²) in [4.78, 5) is 12.2. The average Bonchev–Trinajstić information content (AvgIpc) is 2.87. The maximum absolute atomic E-state index is 12.2. The van der Waals surface area contributed by atoms with E-state index in [4.69, 9.17) is 4.74 Å². The van der Waals surface area contributed by atoms with E-state index in [2.05, 4.69) is 40.1 Å². The number of rotatable bonds is 5. The summed E-state index contributed by atoms with van der Waals surface area (Å²) in [7, 11) is 0. The highest BCUT2D eigenvalue weighted by molar-refractivity contribution is 14.1. The molecule has 2 unspecified atom stereocenters. The molecule has 104 valence electrons. The number of halogens is 1. The van der Waals surface area contributed by atoms with Crippen molar-refractivity contribution in [2.24, 2.45) is 5.92 Å². The number of anilines is 1. The largest absolute Gasteiger partial charge is 0.379 e. The third kappa shape index (κ3) is 4.15. The zero-order valence-electron chi connectivity index (χ0n) is 11.0. The molecule has 1 heterocycles. The van der Waals surface area contributed by atoms with Gasteiger partial charge in [-0.15, -0.1) is 0 Å². The molecule has 2 rings (SSSR count). The molecule has 19 heavy (non-hydrogen) atoms. The molecule has 0 aromatic heterocycles. The van der Waals surface area contributed by atoms with Gasteiger partial charge < -0.3 is 15.4 Å². The number of hydrogen-bond donors (Lipinski definition) is 2. The van der Waals surface area contributed by atoms with Crippen molar-refractivity contribution in [3.63, 3.8) is 0 Å². The summed E-state index contributed by atoms with van der Waals surface area (Å²) in [5.74, 6) is -0.0712. The van der Waals surface area contributed by atoms with Crippen LogP contribution in [-0.4, -0.2) is 31.7 Å². The standard InChI is InChI=1S/C14H19IN2O2/c1-2-7-16-13-9-19-8-12(13)14(18)17-11-5-3-10(15)4-6-11/h3-6,12-13,16H,2,7-9H2,1H3,(H,17,18). The fraction of sp³-hybridized carbons (Fsp3) is 0.500. The Hall–Kier alpha value is -0.660. The van der Waals surface area contributed by atoms with Gasteiger partial charge in [0.25, 0.3) is 0 Å². The van der Waals surface area contributed by atoms with E-state index < -0.39 is 0 Å². The number of carbonyl (C=O) groups is 1. The molecule has 1 aromatic rings. The van der Waals surface area contributed by atoms with Crippen LogP contribution in [0.3, 0.4) is 0 Å². The molecule has 1 aromatic carbocycles. The van der Waals surface area contributed by atoms with Gasteiger partial charge in [0.05, 0.1) is 19.1 Å². The van der Waals surface area contributed by atoms with E-state index in [1.165, 1.54) is 0 Å². The molecule has 0 bridgehead atoms. The quantitative estimate of drug-likeness (QED) is 0.778. The second-order valence-corrected chi connectivity index (χ2v) is 5.95. The highest BCUT2D eigenvalue weighted by atomic mass is 127. The summed E-state index contributed by atoms with van der Waals surface area (Å²) in [6.45, 7) is 4.15. The van der Waals surface area contributed by atoms with Crippen molar-refractivity contribution in [2.75, 3.05) is 25.1 Å². The number of carbonyl (C=O) groups excluding carboxylic acids is 1. The predicted molar refractivity (Wildman–Crippen MR) is 84.2 cm³/mol. The number of nitrogens with one attached hydrogen (secondary N) is 2. The molecule has 0 aliphatic carbocycles. The molecule has 0 spiro atoms. The van der Waals surface area contributed by atoms with Crippen molar-refractivity contribution in [1.29, 1.82) is 0 Å². The van der Waals surface area contributed by atoms with Crippen LogP contribution >= 0.6 is 22.6 Å². The van der Waals surface area contributed by atoms with E-state index in [0.29, 0.717) is 13.2 Å². The monoisotopic (exact) mass is 374 g/mol. The molecule has 5 heteroatoms. The first-order valence-corrected chi connectivity index (χ1v) is 7.66. The number of hydrogen-bond acceptors (Lipinski definition) is 3. The molecule has 1 aliphatic rings. The third-order valence-corrected chi connectivity index (χ3v) is 3.90. The maximum atomic E-state index is 12.2. The molecule has 4 nitrogen and oxygen atoms in total. The highest BCUT2D eigenvalue weighted by Crippen LogP contribution is 2.17. The molecule has 1 fully saturated rings. The predicted octanol–water partition coefficient (Wildman–Crippen LogP) is 2.24. The first-order valence-electron chi connectivity index (χ1n) is 6.58. The van der Waals surface area contributed by atoms with Gasteiger partial charge in [0, 0.05) is 15.3 Å². The van der Waals surface area contributed by atoms with Crippen LogP contribution in [0.5, 0.6) is 0 Å². The number of ether oxygens (including phenoxy) is 1. The topological polar surface area (TPSA) is 50.4 Å². The molecular weight excluding hydrogens is 355 g/mol. The van der Waals surface area contributed by atoms with Crippen molar-refractivity contribution in [3.05, 3.63) is 27.8 Å². The zero-order valence-corrected chi connectivity index (χ0v) is 13.1. The van der Waals surface area contributed by atoms with Crippen LogP contribution in [0, 0.1) is 9.49 Å². The van der Waals surface area contributed by atoms with E-state index >= 15 is 0 Å². The van der Waals surface area contributed by atoms with E-state index in [-0.39, 0.29) is 17.9 Å². The molecular formula is C14H19IN2O2. The minimum absolute atomic E-state index is 0.0345. The average molecular weight is 374 g/mol. The van der Waals surface area contributed by atoms with Crippen LogP contribution in [0.2, 0.25) is 0 Å². The lowest BCUT2D eigenvalue weighted by Gasteiger charge is -2.18. The molecule has 2 N–H and O–H groups in total. The van der Waals surface area contributed by atoms with Crippen LogP contribution in [0.15, 0.2) is 24.3 Å². The lowest BCUT2D eigenvalue weighted by molar-refractivity contribution is -0.120. The first kappa shape index (κ1) is 14.7. The summed E-state index contributed by atoms with van der Waals surface area (Å²) in [6.07, 6.45) is 1.06. The van der Waals surface area contributed by atoms with Gasteiger partial charge in [0.1, 0.15) is 0 Å². The Kier molecular flexibility index (Phi) is 5.59. The molecule has 1 amide bonds. The minimum Gasteiger partial charge on any atom is -0.379 e. The highest BCUT2D eigenvalue weighted by Gasteiger charge is 2.33. The summed E-state index contributed by atoms with van der Waals surface area (Å²) in [5, 5.41) is 6.33. The molecule has 1 saturated heterocycles. The third-order valence-electron chi connectivity index (χ3n) is 3.19. The maximum Gasteiger partial charge on any atom is 0.231 e. The second-order valence-electron chi connectivity index (χ2n) is 4.70. The lowest BCUT2D eigenvalue weighted by Crippen LogP contribution is -2.41. The van der Waals surface area contributed by atoms with E-state index in [0.717, 1.165) is 22.2 Å².